The number of hydrogen-bond donors (Lipinski definition) is 3. The van der Waals surface area contributed by atoms with E-state index in [1.54, 1.807) is 0 Å². The molecular formula is C11H22N2O3. The number of carbonyl (C=O) groups excluding carboxylic acids is 1. The molecule has 5 nitrogen and oxygen atoms in total. The van der Waals surface area contributed by atoms with Crippen LogP contribution >= 0.6 is 0 Å². The zero-order valence-electron chi connectivity index (χ0n) is 10.4. The Labute approximate surface area is 96.6 Å². The van der Waals surface area contributed by atoms with E-state index in [-0.39, 0.29) is 6.54 Å². The number of rotatable bonds is 6. The van der Waals surface area contributed by atoms with E-state index in [0.717, 1.165) is 0 Å². The molecule has 0 aromatic heterocycles. The van der Waals surface area contributed by atoms with Crippen LogP contribution in [0.25, 0.3) is 0 Å². The van der Waals surface area contributed by atoms with Crippen molar-refractivity contribution in [3.63, 3.8) is 0 Å². The van der Waals surface area contributed by atoms with E-state index in [4.69, 9.17) is 5.11 Å². The molecule has 0 unspecified atom stereocenters. The van der Waals surface area contributed by atoms with Crippen molar-refractivity contribution < 1.29 is 14.7 Å². The Morgan fingerprint density at radius 1 is 1.06 bits per heavy atom. The summed E-state index contributed by atoms with van der Waals surface area (Å²) in [6.07, 6.45) is 0. The molecule has 0 aromatic carbocycles. The summed E-state index contributed by atoms with van der Waals surface area (Å²) in [5.74, 6) is 0.328. The van der Waals surface area contributed by atoms with Gasteiger partial charge < -0.3 is 15.7 Å². The lowest BCUT2D eigenvalue weighted by Crippen LogP contribution is -2.42. The Morgan fingerprint density at radius 3 is 1.94 bits per heavy atom. The van der Waals surface area contributed by atoms with Gasteiger partial charge in [0.25, 0.3) is 0 Å². The number of aliphatic carboxylic acids is 1. The number of hydrogen-bond acceptors (Lipinski definition) is 2. The number of nitrogens with one attached hydrogen (secondary N) is 2. The second kappa shape index (κ2) is 7.09. The zero-order chi connectivity index (χ0) is 12.7. The molecule has 94 valence electrons. The van der Waals surface area contributed by atoms with Crippen LogP contribution in [0.2, 0.25) is 0 Å². The van der Waals surface area contributed by atoms with Crippen molar-refractivity contribution in [1.82, 2.24) is 10.6 Å². The predicted octanol–water partition coefficient (Wildman–Crippen LogP) is 1.30. The second-order valence-corrected chi connectivity index (χ2v) is 4.61. The average molecular weight is 230 g/mol. The van der Waals surface area contributed by atoms with E-state index in [0.29, 0.717) is 24.3 Å². The molecule has 16 heavy (non-hydrogen) atoms. The monoisotopic (exact) mass is 230 g/mol. The fourth-order valence-electron chi connectivity index (χ4n) is 1.67. The fourth-order valence-corrected chi connectivity index (χ4v) is 1.67. The van der Waals surface area contributed by atoms with E-state index in [9.17, 15) is 9.59 Å². The van der Waals surface area contributed by atoms with Crippen LogP contribution in [0.5, 0.6) is 0 Å². The highest BCUT2D eigenvalue weighted by atomic mass is 16.4. The lowest BCUT2D eigenvalue weighted by atomic mass is 9.85. The van der Waals surface area contributed by atoms with E-state index < -0.39 is 12.0 Å². The Balaban J connectivity index is 3.92. The molecule has 0 rings (SSSR count). The highest BCUT2D eigenvalue weighted by Crippen LogP contribution is 2.19. The largest absolute Gasteiger partial charge is 0.480 e. The molecule has 3 N–H and O–H groups in total. The van der Waals surface area contributed by atoms with Crippen molar-refractivity contribution in [3.8, 4) is 0 Å². The third kappa shape index (κ3) is 6.27. The molecule has 5 heteroatoms. The van der Waals surface area contributed by atoms with E-state index in [1.165, 1.54) is 0 Å². The van der Waals surface area contributed by atoms with Gasteiger partial charge in [-0.25, -0.2) is 4.79 Å². The number of carboxylic acid groups (broad SMARTS) is 1. The summed E-state index contributed by atoms with van der Waals surface area (Å²) in [6.45, 7) is 8.67. The first-order chi connectivity index (χ1) is 7.34. The van der Waals surface area contributed by atoms with Crippen molar-refractivity contribution in [2.24, 2.45) is 17.8 Å². The Kier molecular flexibility index (Phi) is 6.53. The Morgan fingerprint density at radius 2 is 1.56 bits per heavy atom. The van der Waals surface area contributed by atoms with Gasteiger partial charge in [-0.15, -0.1) is 0 Å². The lowest BCUT2D eigenvalue weighted by molar-refractivity contribution is -0.135. The Hall–Kier alpha value is -1.26. The predicted molar refractivity (Wildman–Crippen MR) is 62.2 cm³/mol. The van der Waals surface area contributed by atoms with Crippen LogP contribution in [0.4, 0.5) is 4.79 Å². The van der Waals surface area contributed by atoms with Gasteiger partial charge in [0.1, 0.15) is 6.54 Å². The van der Waals surface area contributed by atoms with Gasteiger partial charge in [0.05, 0.1) is 0 Å². The summed E-state index contributed by atoms with van der Waals surface area (Å²) in [7, 11) is 0. The van der Waals surface area contributed by atoms with Gasteiger partial charge in [-0.2, -0.15) is 0 Å². The highest BCUT2D eigenvalue weighted by molar-refractivity contribution is 5.79. The molecular weight excluding hydrogens is 208 g/mol. The van der Waals surface area contributed by atoms with Gasteiger partial charge in [0, 0.05) is 6.54 Å². The summed E-state index contributed by atoms with van der Waals surface area (Å²) in [5.41, 5.74) is 0. The molecule has 0 radical (unpaired) electrons. The average Bonchev–Trinajstić information content (AvgIpc) is 2.13. The van der Waals surface area contributed by atoms with Gasteiger partial charge in [-0.1, -0.05) is 27.7 Å². The van der Waals surface area contributed by atoms with Gasteiger partial charge in [-0.3, -0.25) is 4.79 Å². The molecule has 0 fully saturated rings. The highest BCUT2D eigenvalue weighted by Gasteiger charge is 2.18. The molecule has 0 aromatic rings. The van der Waals surface area contributed by atoms with E-state index >= 15 is 0 Å². The van der Waals surface area contributed by atoms with Crippen molar-refractivity contribution in [2.75, 3.05) is 13.1 Å². The maximum absolute atomic E-state index is 11.2. The number of carbonyl (C=O) groups is 2. The van der Waals surface area contributed by atoms with Crippen molar-refractivity contribution >= 4 is 12.0 Å². The van der Waals surface area contributed by atoms with Crippen LogP contribution in [-0.2, 0) is 4.79 Å². The van der Waals surface area contributed by atoms with Crippen molar-refractivity contribution in [3.05, 3.63) is 0 Å². The molecule has 0 saturated heterocycles. The summed E-state index contributed by atoms with van der Waals surface area (Å²) in [4.78, 5) is 21.4. The van der Waals surface area contributed by atoms with Gasteiger partial charge >= 0.3 is 12.0 Å². The summed E-state index contributed by atoms with van der Waals surface area (Å²) in [5, 5.41) is 13.3. The number of amides is 2. The van der Waals surface area contributed by atoms with Gasteiger partial charge in [-0.05, 0) is 17.8 Å². The maximum Gasteiger partial charge on any atom is 0.323 e. The molecule has 2 amide bonds. The molecule has 0 aliphatic heterocycles. The summed E-state index contributed by atoms with van der Waals surface area (Å²) >= 11 is 0. The van der Waals surface area contributed by atoms with Gasteiger partial charge in [0.2, 0.25) is 0 Å². The van der Waals surface area contributed by atoms with Crippen LogP contribution in [0.3, 0.4) is 0 Å². The molecule has 0 spiro atoms. The molecule has 0 saturated carbocycles. The minimum absolute atomic E-state index is 0.347. The topological polar surface area (TPSA) is 78.4 Å². The quantitative estimate of drug-likeness (QED) is 0.643. The lowest BCUT2D eigenvalue weighted by Gasteiger charge is -2.24. The summed E-state index contributed by atoms with van der Waals surface area (Å²) < 4.78 is 0. The first-order valence-corrected chi connectivity index (χ1v) is 5.58. The Bertz CT molecular complexity index is 231. The molecule has 0 bridgehead atoms. The first kappa shape index (κ1) is 14.7. The van der Waals surface area contributed by atoms with Crippen molar-refractivity contribution in [1.29, 1.82) is 0 Å². The third-order valence-corrected chi connectivity index (χ3v) is 2.61. The van der Waals surface area contributed by atoms with Crippen LogP contribution in [0, 0.1) is 17.8 Å². The second-order valence-electron chi connectivity index (χ2n) is 4.61. The third-order valence-electron chi connectivity index (χ3n) is 2.61. The minimum atomic E-state index is -1.04. The molecule has 0 aliphatic rings. The summed E-state index contributed by atoms with van der Waals surface area (Å²) in [6, 6.07) is -0.422. The van der Waals surface area contributed by atoms with Crippen LogP contribution < -0.4 is 10.6 Å². The first-order valence-electron chi connectivity index (χ1n) is 5.58. The SMILES string of the molecule is CC(C)C(CNC(=O)NCC(=O)O)C(C)C. The maximum atomic E-state index is 11.2. The van der Waals surface area contributed by atoms with Gasteiger partial charge in [0.15, 0.2) is 0 Å². The molecule has 0 heterocycles. The number of urea groups is 1. The standard InChI is InChI=1S/C11H22N2O3/c1-7(2)9(8(3)4)5-12-11(16)13-6-10(14)15/h7-9H,5-6H2,1-4H3,(H,14,15)(H2,12,13,16). The normalized spacial score (nSPS) is 10.9. The molecule has 0 atom stereocenters. The van der Waals surface area contributed by atoms with Crippen LogP contribution in [0.15, 0.2) is 0 Å². The van der Waals surface area contributed by atoms with Crippen LogP contribution in [-0.4, -0.2) is 30.2 Å². The van der Waals surface area contributed by atoms with Crippen LogP contribution in [0.1, 0.15) is 27.7 Å². The number of carboxylic acids is 1. The fraction of sp³-hybridized carbons (Fsp3) is 0.818. The van der Waals surface area contributed by atoms with E-state index in [2.05, 4.69) is 38.3 Å². The zero-order valence-corrected chi connectivity index (χ0v) is 10.4. The minimum Gasteiger partial charge on any atom is -0.480 e. The smallest absolute Gasteiger partial charge is 0.323 e. The van der Waals surface area contributed by atoms with E-state index in [1.807, 2.05) is 0 Å². The van der Waals surface area contributed by atoms with Crippen molar-refractivity contribution in [2.45, 2.75) is 27.7 Å². The molecule has 0 aliphatic carbocycles.